The van der Waals surface area contributed by atoms with Gasteiger partial charge in [0.05, 0.1) is 16.4 Å². The summed E-state index contributed by atoms with van der Waals surface area (Å²) in [5, 5.41) is 4.81. The van der Waals surface area contributed by atoms with Gasteiger partial charge in [-0.2, -0.15) is 0 Å². The number of para-hydroxylation sites is 2. The van der Waals surface area contributed by atoms with E-state index < -0.39 is 5.41 Å². The van der Waals surface area contributed by atoms with E-state index in [0.717, 1.165) is 21.9 Å². The second-order valence-electron chi connectivity index (χ2n) is 16.1. The molecule has 0 radical (unpaired) electrons. The Bertz CT molecular complexity index is 3480. The van der Waals surface area contributed by atoms with E-state index in [1.807, 2.05) is 6.07 Å². The van der Waals surface area contributed by atoms with Gasteiger partial charge in [-0.25, -0.2) is 0 Å². The molecule has 1 spiro atoms. The Morgan fingerprint density at radius 1 is 0.362 bits per heavy atom. The van der Waals surface area contributed by atoms with Crippen molar-refractivity contribution >= 4 is 43.7 Å². The maximum Gasteiger partial charge on any atom is 0.135 e. The van der Waals surface area contributed by atoms with Gasteiger partial charge in [-0.3, -0.25) is 0 Å². The lowest BCUT2D eigenvalue weighted by Crippen LogP contribution is -2.25. The van der Waals surface area contributed by atoms with Crippen molar-refractivity contribution in [1.82, 2.24) is 4.57 Å². The van der Waals surface area contributed by atoms with Gasteiger partial charge in [-0.1, -0.05) is 139 Å². The van der Waals surface area contributed by atoms with Gasteiger partial charge >= 0.3 is 0 Å². The summed E-state index contributed by atoms with van der Waals surface area (Å²) in [5.41, 5.74) is 21.7. The van der Waals surface area contributed by atoms with Crippen molar-refractivity contribution < 1.29 is 4.42 Å². The van der Waals surface area contributed by atoms with Gasteiger partial charge in [-0.15, -0.1) is 0 Å². The van der Waals surface area contributed by atoms with Gasteiger partial charge in [0.25, 0.3) is 0 Å². The molecule has 9 aromatic carbocycles. The highest BCUT2D eigenvalue weighted by molar-refractivity contribution is 6.11. The number of aryl methyl sites for hydroxylation is 1. The Kier molecular flexibility index (Phi) is 6.33. The van der Waals surface area contributed by atoms with Crippen molar-refractivity contribution in [2.24, 2.45) is 0 Å². The summed E-state index contributed by atoms with van der Waals surface area (Å²) >= 11 is 0. The molecule has 11 aromatic rings. The van der Waals surface area contributed by atoms with Crippen LogP contribution in [0.3, 0.4) is 0 Å². The highest BCUT2D eigenvalue weighted by Gasteiger charge is 2.51. The third-order valence-electron chi connectivity index (χ3n) is 13.1. The van der Waals surface area contributed by atoms with Gasteiger partial charge in [0.1, 0.15) is 11.2 Å². The molecule has 0 amide bonds. The summed E-state index contributed by atoms with van der Waals surface area (Å²) in [4.78, 5) is 0. The summed E-state index contributed by atoms with van der Waals surface area (Å²) in [5.74, 6) is 0. The SMILES string of the molecule is Cc1ccc(-n2c3ccccc3c3cc(-c4ccc5c(c4)-c4cc(-c6ccc7oc8ccccc8c7c6)ccc4C54c5ccccc5-c5ccccc54)ccc32)cc1. The molecule has 2 heterocycles. The van der Waals surface area contributed by atoms with E-state index in [2.05, 4.69) is 200 Å². The quantitative estimate of drug-likeness (QED) is 0.177. The highest BCUT2D eigenvalue weighted by atomic mass is 16.3. The molecule has 0 unspecified atom stereocenters. The van der Waals surface area contributed by atoms with Crippen LogP contribution in [0.25, 0.3) is 93.9 Å². The average molecular weight is 738 g/mol. The first-order valence-electron chi connectivity index (χ1n) is 20.2. The third kappa shape index (κ3) is 4.16. The van der Waals surface area contributed by atoms with Crippen LogP contribution in [0.5, 0.6) is 0 Å². The smallest absolute Gasteiger partial charge is 0.135 e. The average Bonchev–Trinajstić information content (AvgIpc) is 3.99. The van der Waals surface area contributed by atoms with Crippen LogP contribution < -0.4 is 0 Å². The minimum absolute atomic E-state index is 0.412. The molecule has 2 aliphatic rings. The van der Waals surface area contributed by atoms with E-state index in [-0.39, 0.29) is 0 Å². The standard InChI is InChI=1S/C56H35NO/c1-34-18-24-39(25-19-34)57-52-16-8-4-12-42(52)46-32-37(22-28-53(46)57)35-20-26-50-44(30-35)45-31-36(38-23-29-55-47(33-38)43-13-5-9-17-54(43)58-55)21-27-51(45)56(50)48-14-6-2-10-40(48)41-11-3-7-15-49(41)56/h2-33H,1H3. The lowest BCUT2D eigenvalue weighted by molar-refractivity contribution is 0.669. The molecular weight excluding hydrogens is 703 g/mol. The first kappa shape index (κ1) is 31.7. The molecule has 0 saturated carbocycles. The molecule has 270 valence electrons. The topological polar surface area (TPSA) is 18.1 Å². The van der Waals surface area contributed by atoms with Crippen LogP contribution in [0.4, 0.5) is 0 Å². The Morgan fingerprint density at radius 2 is 0.862 bits per heavy atom. The molecule has 0 saturated heterocycles. The third-order valence-corrected chi connectivity index (χ3v) is 13.1. The van der Waals surface area contributed by atoms with Crippen molar-refractivity contribution in [2.75, 3.05) is 0 Å². The van der Waals surface area contributed by atoms with Crippen LogP contribution in [0.2, 0.25) is 0 Å². The number of fused-ring (bicyclic) bond motifs is 16. The Morgan fingerprint density at radius 3 is 1.57 bits per heavy atom. The predicted octanol–water partition coefficient (Wildman–Crippen LogP) is 14.7. The van der Waals surface area contributed by atoms with Crippen molar-refractivity contribution in [3.63, 3.8) is 0 Å². The first-order chi connectivity index (χ1) is 28.6. The lowest BCUT2D eigenvalue weighted by Gasteiger charge is -2.30. The predicted molar refractivity (Wildman–Crippen MR) is 240 cm³/mol. The second kappa shape index (κ2) is 11.6. The summed E-state index contributed by atoms with van der Waals surface area (Å²) in [7, 11) is 0. The summed E-state index contributed by atoms with van der Waals surface area (Å²) < 4.78 is 8.63. The lowest BCUT2D eigenvalue weighted by atomic mass is 9.70. The van der Waals surface area contributed by atoms with Crippen LogP contribution in [0, 0.1) is 6.92 Å². The molecule has 0 bridgehead atoms. The van der Waals surface area contributed by atoms with Crippen LogP contribution in [-0.4, -0.2) is 4.57 Å². The van der Waals surface area contributed by atoms with Gasteiger partial charge in [0.2, 0.25) is 0 Å². The van der Waals surface area contributed by atoms with Gasteiger partial charge < -0.3 is 8.98 Å². The van der Waals surface area contributed by atoms with Crippen molar-refractivity contribution in [1.29, 1.82) is 0 Å². The second-order valence-corrected chi connectivity index (χ2v) is 16.1. The molecular formula is C56H35NO. The Labute approximate surface area is 335 Å². The maximum atomic E-state index is 6.23. The molecule has 0 atom stereocenters. The Balaban J connectivity index is 1.04. The number of nitrogens with zero attached hydrogens (tertiary/aromatic N) is 1. The molecule has 58 heavy (non-hydrogen) atoms. The van der Waals surface area contributed by atoms with E-state index in [0.29, 0.717) is 0 Å². The molecule has 13 rings (SSSR count). The van der Waals surface area contributed by atoms with Crippen molar-refractivity contribution in [3.05, 3.63) is 222 Å². The number of hydrogen-bond donors (Lipinski definition) is 0. The number of benzene rings is 9. The number of rotatable bonds is 3. The largest absolute Gasteiger partial charge is 0.456 e. The fourth-order valence-electron chi connectivity index (χ4n) is 10.5. The monoisotopic (exact) mass is 737 g/mol. The number of furan rings is 1. The summed E-state index contributed by atoms with van der Waals surface area (Å²) in [6.07, 6.45) is 0. The van der Waals surface area contributed by atoms with E-state index in [1.54, 1.807) is 0 Å². The molecule has 2 aliphatic carbocycles. The molecule has 2 aromatic heterocycles. The number of hydrogen-bond acceptors (Lipinski definition) is 1. The van der Waals surface area contributed by atoms with E-state index in [4.69, 9.17) is 4.42 Å². The van der Waals surface area contributed by atoms with E-state index >= 15 is 0 Å². The minimum Gasteiger partial charge on any atom is -0.456 e. The van der Waals surface area contributed by atoms with Gasteiger partial charge in [0, 0.05) is 27.2 Å². The van der Waals surface area contributed by atoms with Crippen LogP contribution >= 0.6 is 0 Å². The van der Waals surface area contributed by atoms with Gasteiger partial charge in [0.15, 0.2) is 0 Å². The molecule has 0 aliphatic heterocycles. The summed E-state index contributed by atoms with van der Waals surface area (Å²) in [6.45, 7) is 2.14. The van der Waals surface area contributed by atoms with Crippen molar-refractivity contribution in [2.45, 2.75) is 12.3 Å². The zero-order chi connectivity index (χ0) is 38.1. The molecule has 2 nitrogen and oxygen atoms in total. The fraction of sp³-hybridized carbons (Fsp3) is 0.0357. The normalized spacial score (nSPS) is 13.4. The van der Waals surface area contributed by atoms with Gasteiger partial charge in [-0.05, 0) is 134 Å². The number of aromatic nitrogens is 1. The fourth-order valence-corrected chi connectivity index (χ4v) is 10.5. The zero-order valence-corrected chi connectivity index (χ0v) is 31.8. The van der Waals surface area contributed by atoms with Crippen LogP contribution in [-0.2, 0) is 5.41 Å². The highest BCUT2D eigenvalue weighted by Crippen LogP contribution is 2.63. The van der Waals surface area contributed by atoms with E-state index in [1.165, 1.54) is 99.8 Å². The van der Waals surface area contributed by atoms with Crippen molar-refractivity contribution in [3.8, 4) is 50.2 Å². The Hall–Kier alpha value is -7.42. The minimum atomic E-state index is -0.412. The molecule has 2 heteroatoms. The zero-order valence-electron chi connectivity index (χ0n) is 31.8. The molecule has 0 fully saturated rings. The summed E-state index contributed by atoms with van der Waals surface area (Å²) in [6, 6.07) is 72.1. The van der Waals surface area contributed by atoms with Crippen LogP contribution in [0.15, 0.2) is 199 Å². The maximum absolute atomic E-state index is 6.23. The van der Waals surface area contributed by atoms with Crippen LogP contribution in [0.1, 0.15) is 27.8 Å². The van der Waals surface area contributed by atoms with E-state index in [9.17, 15) is 0 Å². The first-order valence-corrected chi connectivity index (χ1v) is 20.2. The molecule has 0 N–H and O–H groups in total.